The van der Waals surface area contributed by atoms with Gasteiger partial charge in [-0.2, -0.15) is 0 Å². The fourth-order valence-electron chi connectivity index (χ4n) is 13.8. The molecule has 8 heterocycles. The Hall–Kier alpha value is -11.2. The summed E-state index contributed by atoms with van der Waals surface area (Å²) in [7, 11) is 0. The first-order valence-corrected chi connectivity index (χ1v) is 30.4. The van der Waals surface area contributed by atoms with Crippen molar-refractivity contribution in [3.05, 3.63) is 328 Å². The zero-order chi connectivity index (χ0) is 59.5. The molecule has 0 atom stereocenters. The van der Waals surface area contributed by atoms with Gasteiger partial charge >= 0.3 is 21.1 Å². The van der Waals surface area contributed by atoms with Crippen LogP contribution in [0.25, 0.3) is 45.0 Å². The largest absolute Gasteiger partial charge is 2.00 e. The third kappa shape index (κ3) is 9.54. The number of hydrogen-bond acceptors (Lipinski definition) is 8. The van der Waals surface area contributed by atoms with Gasteiger partial charge in [-0.15, -0.1) is 58.5 Å². The van der Waals surface area contributed by atoms with Crippen molar-refractivity contribution in [2.24, 2.45) is 0 Å². The first kappa shape index (κ1) is 55.2. The molecule has 0 radical (unpaired) electrons. The zero-order valence-electron chi connectivity index (χ0n) is 49.1. The number of rotatable bonds is 8. The Morgan fingerprint density at radius 1 is 0.253 bits per heavy atom. The van der Waals surface area contributed by atoms with E-state index in [1.54, 1.807) is 0 Å². The van der Waals surface area contributed by atoms with Gasteiger partial charge in [0.15, 0.2) is 0 Å². The van der Waals surface area contributed by atoms with Crippen LogP contribution in [0.5, 0.6) is 0 Å². The first-order chi connectivity index (χ1) is 44.7. The molecule has 0 N–H and O–H groups in total. The molecule has 428 valence electrons. The molecule has 0 fully saturated rings. The Kier molecular flexibility index (Phi) is 14.2. The molecule has 0 amide bonds. The summed E-state index contributed by atoms with van der Waals surface area (Å²) in [5, 5.41) is 0. The molecule has 10 aromatic carbocycles. The molecular weight excluding hydrogens is 1290 g/mol. The van der Waals surface area contributed by atoms with Crippen molar-refractivity contribution in [3.63, 3.8) is 0 Å². The minimum atomic E-state index is -0.103. The maximum absolute atomic E-state index is 4.72. The van der Waals surface area contributed by atoms with Crippen LogP contribution < -0.4 is 52.4 Å². The van der Waals surface area contributed by atoms with Gasteiger partial charge in [0, 0.05) is 81.7 Å². The summed E-state index contributed by atoms with van der Waals surface area (Å²) in [6, 6.07) is 110. The number of fused-ring (bicyclic) bond motifs is 8. The Morgan fingerprint density at radius 3 is 0.901 bits per heavy atom. The minimum absolute atomic E-state index is 0. The van der Waals surface area contributed by atoms with E-state index in [0.717, 1.165) is 101 Å². The Labute approximate surface area is 544 Å². The molecule has 18 rings (SSSR count). The fraction of sp³-hybridized carbons (Fsp3) is 0. The molecule has 11 heteroatoms. The van der Waals surface area contributed by atoms with E-state index in [1.165, 1.54) is 44.6 Å². The quantitative estimate of drug-likeness (QED) is 0.110. The van der Waals surface area contributed by atoms with Gasteiger partial charge in [-0.1, -0.05) is 146 Å². The smallest absolute Gasteiger partial charge is 0.353 e. The molecule has 0 spiro atoms. The zero-order valence-corrected chi connectivity index (χ0v) is 51.3. The van der Waals surface area contributed by atoms with Crippen molar-refractivity contribution in [1.29, 1.82) is 0 Å². The van der Waals surface area contributed by atoms with Gasteiger partial charge in [0.25, 0.3) is 6.71 Å². The number of aromatic nitrogens is 4. The van der Waals surface area contributed by atoms with E-state index in [4.69, 9.17) is 9.97 Å². The molecule has 4 aliphatic heterocycles. The van der Waals surface area contributed by atoms with Crippen LogP contribution in [0.2, 0.25) is 0 Å². The Bertz CT molecular complexity index is 4360. The third-order valence-corrected chi connectivity index (χ3v) is 17.6. The second-order valence-electron chi connectivity index (χ2n) is 22.7. The summed E-state index contributed by atoms with van der Waals surface area (Å²) in [4.78, 5) is 28.4. The summed E-state index contributed by atoms with van der Waals surface area (Å²) < 4.78 is 0. The third-order valence-electron chi connectivity index (χ3n) is 17.6. The van der Waals surface area contributed by atoms with Gasteiger partial charge < -0.3 is 29.6 Å². The summed E-state index contributed by atoms with van der Waals surface area (Å²) >= 11 is 0. The van der Waals surface area contributed by atoms with E-state index in [0.29, 0.717) is 0 Å². The van der Waals surface area contributed by atoms with E-state index >= 15 is 0 Å². The molecule has 0 saturated carbocycles. The molecule has 8 nitrogen and oxygen atoms in total. The molecule has 0 aliphatic carbocycles. The number of anilines is 12. The van der Waals surface area contributed by atoms with Gasteiger partial charge in [0.1, 0.15) is 0 Å². The molecule has 0 saturated heterocycles. The van der Waals surface area contributed by atoms with E-state index in [9.17, 15) is 0 Å². The molecule has 0 unspecified atom stereocenters. The van der Waals surface area contributed by atoms with E-state index in [-0.39, 0.29) is 34.5 Å². The number of benzene rings is 10. The number of pyridine rings is 4. The van der Waals surface area contributed by atoms with Crippen LogP contribution in [-0.4, -0.2) is 33.4 Å². The average Bonchev–Trinajstić information content (AvgIpc) is 0.830. The Morgan fingerprint density at radius 2 is 0.560 bits per heavy atom. The van der Waals surface area contributed by atoms with Crippen LogP contribution in [0.4, 0.5) is 68.2 Å². The van der Waals surface area contributed by atoms with Crippen molar-refractivity contribution in [1.82, 2.24) is 19.9 Å². The maximum atomic E-state index is 4.72. The summed E-state index contributed by atoms with van der Waals surface area (Å²) in [6.45, 7) is -0.0955. The van der Waals surface area contributed by atoms with Crippen LogP contribution >= 0.6 is 0 Å². The number of nitrogens with zero attached hydrogens (tertiary/aromatic N) is 8. The van der Waals surface area contributed by atoms with Gasteiger partial charge in [-0.3, -0.25) is 9.97 Å². The summed E-state index contributed by atoms with van der Waals surface area (Å²) in [5.74, 6) is 0. The Balaban J connectivity index is 0.000000144. The number of hydrogen-bond donors (Lipinski definition) is 0. The molecule has 4 aromatic heterocycles. The van der Waals surface area contributed by atoms with Crippen molar-refractivity contribution in [2.45, 2.75) is 0 Å². The second-order valence-corrected chi connectivity index (χ2v) is 22.7. The normalized spacial score (nSPS) is 12.6. The van der Waals surface area contributed by atoms with Gasteiger partial charge in [-0.05, 0) is 177 Å². The predicted octanol–water partition coefficient (Wildman–Crippen LogP) is 15.4. The van der Waals surface area contributed by atoms with Crippen molar-refractivity contribution < 1.29 is 21.1 Å². The first-order valence-electron chi connectivity index (χ1n) is 30.4. The van der Waals surface area contributed by atoms with Gasteiger partial charge in [0.05, 0.1) is 11.4 Å². The molecule has 4 aliphatic rings. The van der Waals surface area contributed by atoms with Crippen LogP contribution in [-0.2, 0) is 21.1 Å². The van der Waals surface area contributed by atoms with E-state index in [2.05, 4.69) is 284 Å². The van der Waals surface area contributed by atoms with E-state index in [1.807, 2.05) is 73.3 Å². The van der Waals surface area contributed by atoms with Crippen molar-refractivity contribution >= 4 is 114 Å². The average molecular weight is 1340 g/mol. The van der Waals surface area contributed by atoms with Crippen molar-refractivity contribution in [2.75, 3.05) is 19.6 Å². The minimum Gasteiger partial charge on any atom is -0.353 e. The SMILES string of the molecule is [Pt+2].[c-]1c(-c2ccccn2)ccc2c1B1c3[c-]c(-c4ccccn4)ccc3N(c3ccccc3)c3cccc(c31)N2c1ccccc1.c1ccc(N2c3ccc(-c4ccccn4)cc3B3c4cc(-c5ccccn5)ccc4N(c4ccccc4)c4cccc2c43)cc1. The standard InChI is InChI=1S/C40H27BN4.C40H25BN4.Pt/c2*1-3-12-30(13-4-1)44-36-22-20-28(34-16-7-9-24-42-34)26-32(36)41-33-27-29(35-17-8-10-25-43-35)21-23-37(33)45(31-14-5-2-6-15-31)39-19-11-18-38(44)40(39)41;/h1-27H;1-25H;/q;-2;+2. The van der Waals surface area contributed by atoms with Crippen LogP contribution in [0.15, 0.2) is 316 Å². The van der Waals surface area contributed by atoms with Crippen LogP contribution in [0.3, 0.4) is 0 Å². The maximum Gasteiger partial charge on any atom is 2.00 e. The van der Waals surface area contributed by atoms with Gasteiger partial charge in [-0.25, -0.2) is 0 Å². The molecule has 14 aromatic rings. The number of para-hydroxylation sites is 4. The van der Waals surface area contributed by atoms with Crippen LogP contribution in [0.1, 0.15) is 0 Å². The molecule has 91 heavy (non-hydrogen) atoms. The fourth-order valence-corrected chi connectivity index (χ4v) is 13.8. The topological polar surface area (TPSA) is 64.5 Å². The van der Waals surface area contributed by atoms with E-state index < -0.39 is 0 Å². The van der Waals surface area contributed by atoms with Crippen molar-refractivity contribution in [3.8, 4) is 45.0 Å². The van der Waals surface area contributed by atoms with Gasteiger partial charge in [0.2, 0.25) is 6.71 Å². The second kappa shape index (κ2) is 23.4. The molecule has 0 bridgehead atoms. The predicted molar refractivity (Wildman–Crippen MR) is 372 cm³/mol. The summed E-state index contributed by atoms with van der Waals surface area (Å²) in [5.41, 5.74) is 28.9. The summed E-state index contributed by atoms with van der Waals surface area (Å²) in [6.07, 6.45) is 7.41. The van der Waals surface area contributed by atoms with Crippen LogP contribution in [0, 0.1) is 12.1 Å². The monoisotopic (exact) mass is 1340 g/mol. The molecular formula is C80H52B2N8Pt.